The third kappa shape index (κ3) is 5.17. The summed E-state index contributed by atoms with van der Waals surface area (Å²) in [6.07, 6.45) is 1.83. The van der Waals surface area contributed by atoms with Crippen molar-refractivity contribution in [2.24, 2.45) is 0 Å². The molecule has 1 rings (SSSR count). The van der Waals surface area contributed by atoms with Crippen molar-refractivity contribution in [2.45, 2.75) is 25.7 Å². The number of carbonyl (C=O) groups is 2. The van der Waals surface area contributed by atoms with Gasteiger partial charge in [0.1, 0.15) is 0 Å². The zero-order valence-electron chi connectivity index (χ0n) is 11.6. The van der Waals surface area contributed by atoms with Gasteiger partial charge in [-0.2, -0.15) is 0 Å². The topological polar surface area (TPSA) is 84.9 Å². The summed E-state index contributed by atoms with van der Waals surface area (Å²) in [6, 6.07) is 4.64. The van der Waals surface area contributed by atoms with Gasteiger partial charge in [0.25, 0.3) is 0 Å². The number of hydrogen-bond acceptors (Lipinski definition) is 5. The molecule has 0 heterocycles. The van der Waals surface area contributed by atoms with E-state index in [1.807, 2.05) is 0 Å². The second-order valence-corrected chi connectivity index (χ2v) is 4.22. The first kappa shape index (κ1) is 15.8. The number of phenols is 1. The van der Waals surface area contributed by atoms with Gasteiger partial charge in [-0.1, -0.05) is 0 Å². The van der Waals surface area contributed by atoms with Gasteiger partial charge in [0.05, 0.1) is 14.2 Å². The van der Waals surface area contributed by atoms with Crippen molar-refractivity contribution < 1.29 is 24.2 Å². The molecule has 0 saturated heterocycles. The Morgan fingerprint density at radius 1 is 1.20 bits per heavy atom. The summed E-state index contributed by atoms with van der Waals surface area (Å²) < 4.78 is 9.42. The summed E-state index contributed by atoms with van der Waals surface area (Å²) in [5.74, 6) is -0.123. The van der Waals surface area contributed by atoms with Crippen LogP contribution >= 0.6 is 0 Å². The highest BCUT2D eigenvalue weighted by Crippen LogP contribution is 2.28. The summed E-state index contributed by atoms with van der Waals surface area (Å²) in [6.45, 7) is 0. The molecule has 0 spiro atoms. The Labute approximate surface area is 117 Å². The Morgan fingerprint density at radius 3 is 2.50 bits per heavy atom. The molecule has 6 heteroatoms. The Kier molecular flexibility index (Phi) is 6.36. The van der Waals surface area contributed by atoms with Crippen molar-refractivity contribution in [1.82, 2.24) is 0 Å². The molecule has 2 N–H and O–H groups in total. The molecule has 0 aromatic heterocycles. The summed E-state index contributed by atoms with van der Waals surface area (Å²) in [5, 5.41) is 12.2. The van der Waals surface area contributed by atoms with Crippen LogP contribution in [0.5, 0.6) is 11.5 Å². The second-order valence-electron chi connectivity index (χ2n) is 4.22. The predicted octanol–water partition coefficient (Wildman–Crippen LogP) is 2.07. The number of methoxy groups -OCH3 is 2. The fraction of sp³-hybridized carbons (Fsp3) is 0.429. The molecule has 0 radical (unpaired) electrons. The molecule has 110 valence electrons. The first-order valence-electron chi connectivity index (χ1n) is 6.30. The first-order chi connectivity index (χ1) is 9.56. The molecule has 0 aliphatic carbocycles. The fourth-order valence-corrected chi connectivity index (χ4v) is 1.65. The van der Waals surface area contributed by atoms with Crippen LogP contribution in [0.1, 0.15) is 25.7 Å². The van der Waals surface area contributed by atoms with Gasteiger partial charge in [-0.05, 0) is 25.0 Å². The van der Waals surface area contributed by atoms with Crippen molar-refractivity contribution >= 4 is 17.6 Å². The first-order valence-corrected chi connectivity index (χ1v) is 6.30. The molecule has 0 aliphatic heterocycles. The molecule has 0 fully saturated rings. The summed E-state index contributed by atoms with van der Waals surface area (Å²) in [4.78, 5) is 22.5. The monoisotopic (exact) mass is 281 g/mol. The van der Waals surface area contributed by atoms with Gasteiger partial charge in [0.2, 0.25) is 5.91 Å². The number of phenolic OH excluding ortho intramolecular Hbond substituents is 1. The number of carbonyl (C=O) groups excluding carboxylic acids is 2. The van der Waals surface area contributed by atoms with E-state index in [4.69, 9.17) is 4.74 Å². The van der Waals surface area contributed by atoms with Crippen LogP contribution < -0.4 is 10.1 Å². The highest BCUT2D eigenvalue weighted by Gasteiger charge is 2.07. The van der Waals surface area contributed by atoms with E-state index in [1.165, 1.54) is 20.3 Å². The lowest BCUT2D eigenvalue weighted by atomic mass is 10.2. The molecular formula is C14H19NO5. The molecule has 0 bridgehead atoms. The maximum Gasteiger partial charge on any atom is 0.305 e. The number of ether oxygens (including phenoxy) is 2. The van der Waals surface area contributed by atoms with E-state index in [0.717, 1.165) is 0 Å². The summed E-state index contributed by atoms with van der Waals surface area (Å²) in [7, 11) is 2.79. The number of aromatic hydroxyl groups is 1. The van der Waals surface area contributed by atoms with Crippen LogP contribution in [0.3, 0.4) is 0 Å². The SMILES string of the molecule is COC(=O)CCCCC(=O)Nc1ccc(OC)c(O)c1. The minimum Gasteiger partial charge on any atom is -0.504 e. The van der Waals surface area contributed by atoms with Crippen LogP contribution in [0.2, 0.25) is 0 Å². The molecular weight excluding hydrogens is 262 g/mol. The van der Waals surface area contributed by atoms with Crippen LogP contribution in [0.25, 0.3) is 0 Å². The Balaban J connectivity index is 2.35. The molecule has 0 saturated carbocycles. The Hall–Kier alpha value is -2.24. The highest BCUT2D eigenvalue weighted by atomic mass is 16.5. The molecule has 1 aromatic carbocycles. The van der Waals surface area contributed by atoms with Crippen molar-refractivity contribution in [3.63, 3.8) is 0 Å². The van der Waals surface area contributed by atoms with Gasteiger partial charge < -0.3 is 19.9 Å². The van der Waals surface area contributed by atoms with Gasteiger partial charge in [0.15, 0.2) is 11.5 Å². The molecule has 6 nitrogen and oxygen atoms in total. The number of hydrogen-bond donors (Lipinski definition) is 2. The lowest BCUT2D eigenvalue weighted by Gasteiger charge is -2.08. The summed E-state index contributed by atoms with van der Waals surface area (Å²) >= 11 is 0. The van der Waals surface area contributed by atoms with Crippen molar-refractivity contribution in [3.05, 3.63) is 18.2 Å². The van der Waals surface area contributed by atoms with Crippen molar-refractivity contribution in [2.75, 3.05) is 19.5 Å². The number of esters is 1. The van der Waals surface area contributed by atoms with Crippen LogP contribution in [-0.2, 0) is 14.3 Å². The predicted molar refractivity (Wildman–Crippen MR) is 73.8 cm³/mol. The third-order valence-electron chi connectivity index (χ3n) is 2.73. The van der Waals surface area contributed by atoms with E-state index in [-0.39, 0.29) is 17.6 Å². The number of amides is 1. The van der Waals surface area contributed by atoms with Crippen molar-refractivity contribution in [1.29, 1.82) is 0 Å². The van der Waals surface area contributed by atoms with Crippen LogP contribution in [0.15, 0.2) is 18.2 Å². The largest absolute Gasteiger partial charge is 0.504 e. The molecule has 0 atom stereocenters. The van der Waals surface area contributed by atoms with E-state index in [9.17, 15) is 14.7 Å². The number of benzene rings is 1. The van der Waals surface area contributed by atoms with E-state index in [1.54, 1.807) is 12.1 Å². The van der Waals surface area contributed by atoms with Crippen molar-refractivity contribution in [3.8, 4) is 11.5 Å². The van der Waals surface area contributed by atoms with Crippen LogP contribution in [0, 0.1) is 0 Å². The van der Waals surface area contributed by atoms with E-state index >= 15 is 0 Å². The summed E-state index contributed by atoms with van der Waals surface area (Å²) in [5.41, 5.74) is 0.501. The molecule has 0 unspecified atom stereocenters. The lowest BCUT2D eigenvalue weighted by molar-refractivity contribution is -0.140. The fourth-order valence-electron chi connectivity index (χ4n) is 1.65. The molecule has 0 aliphatic rings. The smallest absolute Gasteiger partial charge is 0.305 e. The number of unbranched alkanes of at least 4 members (excludes halogenated alkanes) is 1. The maximum absolute atomic E-state index is 11.7. The molecule has 1 amide bonds. The zero-order valence-corrected chi connectivity index (χ0v) is 11.6. The lowest BCUT2D eigenvalue weighted by Crippen LogP contribution is -2.11. The van der Waals surface area contributed by atoms with Gasteiger partial charge in [0, 0.05) is 24.6 Å². The van der Waals surface area contributed by atoms with Gasteiger partial charge in [-0.25, -0.2) is 0 Å². The van der Waals surface area contributed by atoms with Crippen LogP contribution in [0.4, 0.5) is 5.69 Å². The Bertz CT molecular complexity index is 473. The Morgan fingerprint density at radius 2 is 1.90 bits per heavy atom. The quantitative estimate of drug-likeness (QED) is 0.590. The van der Waals surface area contributed by atoms with E-state index in [0.29, 0.717) is 37.1 Å². The minimum absolute atomic E-state index is 0.0315. The van der Waals surface area contributed by atoms with E-state index in [2.05, 4.69) is 10.1 Å². The van der Waals surface area contributed by atoms with E-state index < -0.39 is 0 Å². The third-order valence-corrected chi connectivity index (χ3v) is 2.73. The number of nitrogens with one attached hydrogen (secondary N) is 1. The van der Waals surface area contributed by atoms with Gasteiger partial charge in [-0.3, -0.25) is 9.59 Å². The van der Waals surface area contributed by atoms with Gasteiger partial charge in [-0.15, -0.1) is 0 Å². The molecule has 20 heavy (non-hydrogen) atoms. The zero-order chi connectivity index (χ0) is 15.0. The van der Waals surface area contributed by atoms with Gasteiger partial charge >= 0.3 is 5.97 Å². The minimum atomic E-state index is -0.273. The normalized spacial score (nSPS) is 9.90. The average Bonchev–Trinajstić information content (AvgIpc) is 2.43. The standard InChI is InChI=1S/C14H19NO5/c1-19-12-8-7-10(9-11(12)16)15-13(17)5-3-4-6-14(18)20-2/h7-9,16H,3-6H2,1-2H3,(H,15,17). The highest BCUT2D eigenvalue weighted by molar-refractivity contribution is 5.91. The number of anilines is 1. The maximum atomic E-state index is 11.7. The van der Waals surface area contributed by atoms with Crippen LogP contribution in [-0.4, -0.2) is 31.2 Å². The average molecular weight is 281 g/mol. The second kappa shape index (κ2) is 8.04. The molecule has 1 aromatic rings. The number of rotatable bonds is 7.